The van der Waals surface area contributed by atoms with Crippen LogP contribution in [0.5, 0.6) is 5.75 Å². The number of pyridine rings is 1. The summed E-state index contributed by atoms with van der Waals surface area (Å²) >= 11 is 0. The number of rotatable bonds is 5. The van der Waals surface area contributed by atoms with Gasteiger partial charge in [-0.3, -0.25) is 4.98 Å². The summed E-state index contributed by atoms with van der Waals surface area (Å²) in [6, 6.07) is 3.49. The fourth-order valence-corrected chi connectivity index (χ4v) is 1.24. The van der Waals surface area contributed by atoms with E-state index in [1.807, 2.05) is 21.0 Å². The lowest BCUT2D eigenvalue weighted by atomic mass is 10.3. The molecule has 1 aromatic rings. The topological polar surface area (TPSA) is 48.4 Å². The third-order valence-electron chi connectivity index (χ3n) is 2.12. The summed E-state index contributed by atoms with van der Waals surface area (Å²) in [6.07, 6.45) is 0. The highest BCUT2D eigenvalue weighted by atomic mass is 16.3. The lowest BCUT2D eigenvalue weighted by Gasteiger charge is -2.10. The van der Waals surface area contributed by atoms with Crippen molar-refractivity contribution in [1.82, 2.24) is 15.2 Å². The number of likely N-dealkylation sites (N-methyl/N-ethyl adjacent to an activating group) is 1. The maximum absolute atomic E-state index is 9.53. The summed E-state index contributed by atoms with van der Waals surface area (Å²) in [5, 5.41) is 12.8. The van der Waals surface area contributed by atoms with Gasteiger partial charge in [0.25, 0.3) is 0 Å². The summed E-state index contributed by atoms with van der Waals surface area (Å²) < 4.78 is 0. The van der Waals surface area contributed by atoms with Crippen LogP contribution < -0.4 is 5.32 Å². The van der Waals surface area contributed by atoms with Crippen LogP contribution in [0.1, 0.15) is 11.4 Å². The summed E-state index contributed by atoms with van der Waals surface area (Å²) in [4.78, 5) is 6.37. The Morgan fingerprint density at radius 2 is 2.13 bits per heavy atom. The Bertz CT molecular complexity index is 313. The zero-order valence-electron chi connectivity index (χ0n) is 9.62. The second-order valence-corrected chi connectivity index (χ2v) is 3.90. The van der Waals surface area contributed by atoms with E-state index in [1.54, 1.807) is 12.1 Å². The van der Waals surface area contributed by atoms with Crippen molar-refractivity contribution in [1.29, 1.82) is 0 Å². The number of nitrogens with zero attached hydrogens (tertiary/aromatic N) is 2. The minimum atomic E-state index is 0.262. The fourth-order valence-electron chi connectivity index (χ4n) is 1.24. The predicted molar refractivity (Wildman–Crippen MR) is 60.9 cm³/mol. The average Bonchev–Trinajstić information content (AvgIpc) is 2.17. The highest BCUT2D eigenvalue weighted by Crippen LogP contribution is 2.13. The number of nitrogens with one attached hydrogen (secondary N) is 1. The smallest absolute Gasteiger partial charge is 0.138 e. The number of aromatic nitrogens is 1. The van der Waals surface area contributed by atoms with Gasteiger partial charge in [0, 0.05) is 25.3 Å². The number of hydrogen-bond acceptors (Lipinski definition) is 4. The summed E-state index contributed by atoms with van der Waals surface area (Å²) in [5.41, 5.74) is 1.64. The standard InChI is InChI=1S/C11H19N3O/c1-9-4-5-11(15)10(13-9)8-12-6-7-14(2)3/h4-5,12,15H,6-8H2,1-3H3. The molecule has 4 heteroatoms. The lowest BCUT2D eigenvalue weighted by molar-refractivity contribution is 0.397. The van der Waals surface area contributed by atoms with E-state index in [-0.39, 0.29) is 5.75 Å². The van der Waals surface area contributed by atoms with Crippen LogP contribution >= 0.6 is 0 Å². The van der Waals surface area contributed by atoms with Crippen molar-refractivity contribution in [3.63, 3.8) is 0 Å². The molecule has 2 N–H and O–H groups in total. The van der Waals surface area contributed by atoms with Crippen molar-refractivity contribution in [2.45, 2.75) is 13.5 Å². The van der Waals surface area contributed by atoms with E-state index < -0.39 is 0 Å². The minimum Gasteiger partial charge on any atom is -0.506 e. The predicted octanol–water partition coefficient (Wildman–Crippen LogP) is 0.747. The number of hydrogen-bond donors (Lipinski definition) is 2. The highest BCUT2D eigenvalue weighted by Gasteiger charge is 2.02. The molecule has 0 aliphatic rings. The summed E-state index contributed by atoms with van der Waals surface area (Å²) in [7, 11) is 4.06. The fraction of sp³-hybridized carbons (Fsp3) is 0.545. The van der Waals surface area contributed by atoms with Crippen LogP contribution in [0.4, 0.5) is 0 Å². The van der Waals surface area contributed by atoms with Crippen LogP contribution in [0.3, 0.4) is 0 Å². The molecule has 0 unspecified atom stereocenters. The molecule has 0 atom stereocenters. The van der Waals surface area contributed by atoms with Gasteiger partial charge in [0.15, 0.2) is 0 Å². The molecule has 1 rings (SSSR count). The third-order valence-corrected chi connectivity index (χ3v) is 2.12. The van der Waals surface area contributed by atoms with E-state index in [9.17, 15) is 5.11 Å². The first kappa shape index (κ1) is 11.9. The van der Waals surface area contributed by atoms with Crippen molar-refractivity contribution >= 4 is 0 Å². The van der Waals surface area contributed by atoms with Gasteiger partial charge in [0.2, 0.25) is 0 Å². The Balaban J connectivity index is 2.40. The normalized spacial score (nSPS) is 10.9. The molecule has 0 aliphatic heterocycles. The van der Waals surface area contributed by atoms with Crippen LogP contribution in [0, 0.1) is 6.92 Å². The molecule has 0 radical (unpaired) electrons. The molecule has 84 valence electrons. The Labute approximate surface area is 90.9 Å². The SMILES string of the molecule is Cc1ccc(O)c(CNCCN(C)C)n1. The van der Waals surface area contributed by atoms with Crippen molar-refractivity contribution in [3.8, 4) is 5.75 Å². The Kier molecular flexibility index (Phi) is 4.52. The molecular weight excluding hydrogens is 190 g/mol. The van der Waals surface area contributed by atoms with Gasteiger partial charge in [0.05, 0.1) is 5.69 Å². The zero-order chi connectivity index (χ0) is 11.3. The van der Waals surface area contributed by atoms with E-state index in [0.717, 1.165) is 18.8 Å². The maximum atomic E-state index is 9.53. The number of aromatic hydroxyl groups is 1. The molecule has 0 saturated carbocycles. The van der Waals surface area contributed by atoms with Gasteiger partial charge < -0.3 is 15.3 Å². The van der Waals surface area contributed by atoms with Crippen LogP contribution in [-0.4, -0.2) is 42.2 Å². The van der Waals surface area contributed by atoms with Crippen molar-refractivity contribution < 1.29 is 5.11 Å². The van der Waals surface area contributed by atoms with Gasteiger partial charge in [-0.25, -0.2) is 0 Å². The molecule has 0 aromatic carbocycles. The van der Waals surface area contributed by atoms with E-state index in [0.29, 0.717) is 12.2 Å². The Morgan fingerprint density at radius 1 is 1.40 bits per heavy atom. The molecule has 1 aromatic heterocycles. The second-order valence-electron chi connectivity index (χ2n) is 3.90. The summed E-state index contributed by atoms with van der Waals surface area (Å²) in [6.45, 7) is 4.40. The molecule has 0 fully saturated rings. The molecule has 1 heterocycles. The largest absolute Gasteiger partial charge is 0.506 e. The first-order valence-electron chi connectivity index (χ1n) is 5.10. The Hall–Kier alpha value is -1.13. The van der Waals surface area contributed by atoms with Crippen LogP contribution in [0.2, 0.25) is 0 Å². The highest BCUT2D eigenvalue weighted by molar-refractivity contribution is 5.27. The van der Waals surface area contributed by atoms with Gasteiger partial charge in [0.1, 0.15) is 5.75 Å². The van der Waals surface area contributed by atoms with Crippen molar-refractivity contribution in [3.05, 3.63) is 23.5 Å². The third kappa shape index (κ3) is 4.27. The van der Waals surface area contributed by atoms with Crippen molar-refractivity contribution in [2.24, 2.45) is 0 Å². The molecule has 4 nitrogen and oxygen atoms in total. The Morgan fingerprint density at radius 3 is 2.80 bits per heavy atom. The van der Waals surface area contributed by atoms with Gasteiger partial charge in [-0.2, -0.15) is 0 Å². The van der Waals surface area contributed by atoms with Crippen LogP contribution in [0.25, 0.3) is 0 Å². The lowest BCUT2D eigenvalue weighted by Crippen LogP contribution is -2.26. The molecule has 0 aliphatic carbocycles. The minimum absolute atomic E-state index is 0.262. The van der Waals surface area contributed by atoms with Gasteiger partial charge in [-0.15, -0.1) is 0 Å². The first-order chi connectivity index (χ1) is 7.09. The molecule has 15 heavy (non-hydrogen) atoms. The first-order valence-corrected chi connectivity index (χ1v) is 5.10. The second kappa shape index (κ2) is 5.68. The molecule has 0 spiro atoms. The van der Waals surface area contributed by atoms with E-state index in [4.69, 9.17) is 0 Å². The van der Waals surface area contributed by atoms with Gasteiger partial charge >= 0.3 is 0 Å². The molecular formula is C11H19N3O. The van der Waals surface area contributed by atoms with Crippen LogP contribution in [0.15, 0.2) is 12.1 Å². The zero-order valence-corrected chi connectivity index (χ0v) is 9.62. The monoisotopic (exact) mass is 209 g/mol. The molecule has 0 saturated heterocycles. The van der Waals surface area contributed by atoms with Gasteiger partial charge in [-0.05, 0) is 33.2 Å². The van der Waals surface area contributed by atoms with Crippen molar-refractivity contribution in [2.75, 3.05) is 27.2 Å². The molecule has 0 bridgehead atoms. The summed E-state index contributed by atoms with van der Waals surface area (Å²) in [5.74, 6) is 0.262. The average molecular weight is 209 g/mol. The quantitative estimate of drug-likeness (QED) is 0.702. The van der Waals surface area contributed by atoms with Crippen LogP contribution in [-0.2, 0) is 6.54 Å². The maximum Gasteiger partial charge on any atom is 0.138 e. The number of aryl methyl sites for hydroxylation is 1. The van der Waals surface area contributed by atoms with E-state index in [2.05, 4.69) is 15.2 Å². The van der Waals surface area contributed by atoms with E-state index in [1.165, 1.54) is 0 Å². The molecule has 0 amide bonds. The van der Waals surface area contributed by atoms with E-state index >= 15 is 0 Å². The van der Waals surface area contributed by atoms with Gasteiger partial charge in [-0.1, -0.05) is 0 Å².